The number of fused-ring (bicyclic) bond motifs is 21. The predicted octanol–water partition coefficient (Wildman–Crippen LogP) is 35.7. The van der Waals surface area contributed by atoms with Crippen LogP contribution in [0.3, 0.4) is 0 Å². The molecule has 0 heterocycles. The Balaban J connectivity index is 0.000000125. The number of anilines is 9. The Bertz CT molecular complexity index is 8390. The summed E-state index contributed by atoms with van der Waals surface area (Å²) in [6.45, 7) is 38.4. The Labute approximate surface area is 864 Å². The van der Waals surface area contributed by atoms with E-state index in [1.54, 1.807) is 42.1 Å². The number of hydrogen-bond acceptors (Lipinski definition) is 9. The monoisotopic (exact) mass is 1920 g/mol. The summed E-state index contributed by atoms with van der Waals surface area (Å²) in [6.07, 6.45) is 0. The zero-order valence-electron chi connectivity index (χ0n) is 87.9. The number of ketones is 3. The number of allylic oxidation sites excluding steroid dienone is 6. The predicted molar refractivity (Wildman–Crippen MR) is 612 cm³/mol. The van der Waals surface area contributed by atoms with E-state index in [4.69, 9.17) is 14.2 Å². The molecule has 0 amide bonds. The second-order valence-electron chi connectivity index (χ2n) is 43.7. The normalized spacial score (nSPS) is 15.2. The standard InChI is InChI=1S/3C46H41NO2/c1-28(48)44(29(2)49-7)38-18-12-17-37-32(38)16-13-21-43(37)47(30-22-24-35-33-14-8-10-19-39(33)45(3,4)41(35)26-30)31-23-25-36-34-15-9-11-20-40(34)46(5,6)42(36)27-31;1-28(48)44(29(2)49-7)32-17-16-31-25-33(19-18-30(31)24-32)47(34-20-22-38-36-12-8-10-14-40(36)45(3,4)42(38)26-34)35-21-23-39-37-13-9-11-15-41(37)46(5,6)43(39)27-35;1-28(48)44(29(2)49-7)31-17-16-30-18-19-33(25-32(30)24-31)47(34-20-22-38-36-12-8-10-14-40(36)45(3,4)42(38)26-34)35-21-23-39-37-13-9-11-15-41(37)46(5,6)43(39)27-35/h3*8-27H,1-7H3/b3*44-29+. The minimum Gasteiger partial charge on any atom is -0.501 e. The minimum atomic E-state index is -0.139. The molecule has 726 valence electrons. The molecule has 0 aliphatic heterocycles. The van der Waals surface area contributed by atoms with Crippen LogP contribution in [-0.2, 0) is 61.1 Å². The molecule has 24 rings (SSSR count). The zero-order valence-corrected chi connectivity index (χ0v) is 87.9. The van der Waals surface area contributed by atoms with Gasteiger partial charge in [-0.1, -0.05) is 332 Å². The Kier molecular flexibility index (Phi) is 23.4. The molecule has 0 radical (unpaired) electrons. The van der Waals surface area contributed by atoms with E-state index in [2.05, 4.69) is 444 Å². The molecule has 0 N–H and O–H groups in total. The fraction of sp³-hybridized carbons (Fsp3) is 0.196. The Hall–Kier alpha value is -16.2. The molecule has 0 spiro atoms. The number of rotatable bonds is 18. The third-order valence-electron chi connectivity index (χ3n) is 33.1. The van der Waals surface area contributed by atoms with Crippen LogP contribution in [0.4, 0.5) is 51.2 Å². The molecule has 6 aliphatic rings. The van der Waals surface area contributed by atoms with Crippen LogP contribution < -0.4 is 14.7 Å². The van der Waals surface area contributed by atoms with Gasteiger partial charge in [-0.2, -0.15) is 0 Å². The van der Waals surface area contributed by atoms with Crippen LogP contribution in [-0.4, -0.2) is 38.7 Å². The van der Waals surface area contributed by atoms with Crippen molar-refractivity contribution in [2.45, 2.75) is 157 Å². The van der Waals surface area contributed by atoms with Gasteiger partial charge in [-0.25, -0.2) is 0 Å². The first kappa shape index (κ1) is 95.6. The van der Waals surface area contributed by atoms with Crippen LogP contribution in [0.5, 0.6) is 0 Å². The third kappa shape index (κ3) is 15.5. The molecule has 9 heteroatoms. The number of nitrogens with zero attached hydrogens (tertiary/aromatic N) is 3. The highest BCUT2D eigenvalue weighted by atomic mass is 16.5. The minimum absolute atomic E-state index is 0.00938. The van der Waals surface area contributed by atoms with Gasteiger partial charge in [0.1, 0.15) is 17.3 Å². The van der Waals surface area contributed by atoms with Crippen molar-refractivity contribution >= 4 is 118 Å². The molecule has 18 aromatic rings. The Morgan fingerprint density at radius 3 is 0.741 bits per heavy atom. The topological polar surface area (TPSA) is 88.6 Å². The van der Waals surface area contributed by atoms with Crippen LogP contribution in [0.1, 0.15) is 208 Å². The molecule has 9 nitrogen and oxygen atoms in total. The average Bonchev–Trinajstić information content (AvgIpc) is 1.60. The van der Waals surface area contributed by atoms with Crippen LogP contribution in [0.15, 0.2) is 381 Å². The fourth-order valence-electron chi connectivity index (χ4n) is 25.3. The summed E-state index contributed by atoms with van der Waals surface area (Å²) in [4.78, 5) is 45.6. The van der Waals surface area contributed by atoms with Gasteiger partial charge in [-0.05, 0) is 334 Å². The molecule has 18 aromatic carbocycles. The number of hydrogen-bond donors (Lipinski definition) is 0. The van der Waals surface area contributed by atoms with Crippen molar-refractivity contribution in [3.8, 4) is 66.8 Å². The zero-order chi connectivity index (χ0) is 103. The van der Waals surface area contributed by atoms with Crippen molar-refractivity contribution in [1.29, 1.82) is 0 Å². The highest BCUT2D eigenvalue weighted by Crippen LogP contribution is 2.60. The Morgan fingerprint density at radius 1 is 0.197 bits per heavy atom. The maximum atomic E-state index is 13.0. The molecule has 0 aromatic heterocycles. The van der Waals surface area contributed by atoms with Crippen molar-refractivity contribution in [3.05, 3.63) is 465 Å². The smallest absolute Gasteiger partial charge is 0.163 e. The molecular formula is C138H123N3O6. The maximum absolute atomic E-state index is 13.0. The summed E-state index contributed by atoms with van der Waals surface area (Å²) >= 11 is 0. The van der Waals surface area contributed by atoms with E-state index >= 15 is 0 Å². The largest absolute Gasteiger partial charge is 0.501 e. The van der Waals surface area contributed by atoms with Crippen LogP contribution in [0.2, 0.25) is 0 Å². The molecule has 0 saturated carbocycles. The van der Waals surface area contributed by atoms with Crippen LogP contribution >= 0.6 is 0 Å². The van der Waals surface area contributed by atoms with E-state index in [9.17, 15) is 14.4 Å². The van der Waals surface area contributed by atoms with Gasteiger partial charge in [0.2, 0.25) is 0 Å². The summed E-state index contributed by atoms with van der Waals surface area (Å²) in [7, 11) is 4.84. The van der Waals surface area contributed by atoms with Gasteiger partial charge in [0, 0.05) is 83.4 Å². The van der Waals surface area contributed by atoms with Crippen molar-refractivity contribution in [2.75, 3.05) is 36.0 Å². The van der Waals surface area contributed by atoms with E-state index in [-0.39, 0.29) is 49.8 Å². The second kappa shape index (κ2) is 35.9. The lowest BCUT2D eigenvalue weighted by atomic mass is 9.82. The lowest BCUT2D eigenvalue weighted by molar-refractivity contribution is -0.112. The van der Waals surface area contributed by atoms with Crippen LogP contribution in [0, 0.1) is 0 Å². The summed E-state index contributed by atoms with van der Waals surface area (Å²) in [5, 5.41) is 6.42. The molecule has 147 heavy (non-hydrogen) atoms. The molecule has 0 fully saturated rings. The van der Waals surface area contributed by atoms with Gasteiger partial charge in [0.25, 0.3) is 0 Å². The molecule has 0 atom stereocenters. The van der Waals surface area contributed by atoms with Crippen molar-refractivity contribution < 1.29 is 28.6 Å². The van der Waals surface area contributed by atoms with Gasteiger partial charge >= 0.3 is 0 Å². The average molecular weight is 1920 g/mol. The number of carbonyl (C=O) groups excluding carboxylic acids is 3. The first-order chi connectivity index (χ1) is 70.5. The number of benzene rings is 18. The highest BCUT2D eigenvalue weighted by Gasteiger charge is 2.44. The van der Waals surface area contributed by atoms with Crippen molar-refractivity contribution in [2.24, 2.45) is 0 Å². The molecule has 0 bridgehead atoms. The summed E-state index contributed by atoms with van der Waals surface area (Å²) < 4.78 is 16.6. The van der Waals surface area contributed by atoms with Gasteiger partial charge in [-0.15, -0.1) is 0 Å². The molecule has 0 unspecified atom stereocenters. The van der Waals surface area contributed by atoms with Gasteiger partial charge in [0.05, 0.1) is 43.7 Å². The third-order valence-corrected chi connectivity index (χ3v) is 33.1. The Morgan fingerprint density at radius 2 is 0.429 bits per heavy atom. The summed E-state index contributed by atoms with van der Waals surface area (Å²) in [6, 6.07) is 133. The lowest BCUT2D eigenvalue weighted by Crippen LogP contribution is -2.18. The van der Waals surface area contributed by atoms with E-state index in [1.165, 1.54) is 134 Å². The number of Topliss-reactive ketones (excluding diaryl/α,β-unsaturated/α-hetero) is 3. The molecule has 6 aliphatic carbocycles. The van der Waals surface area contributed by atoms with Gasteiger partial charge in [-0.3, -0.25) is 14.4 Å². The van der Waals surface area contributed by atoms with E-state index in [0.29, 0.717) is 34.0 Å². The van der Waals surface area contributed by atoms with Gasteiger partial charge in [0.15, 0.2) is 17.3 Å². The quantitative estimate of drug-likeness (QED) is 0.0616. The fourth-order valence-corrected chi connectivity index (χ4v) is 25.3. The van der Waals surface area contributed by atoms with Crippen molar-refractivity contribution in [1.82, 2.24) is 0 Å². The van der Waals surface area contributed by atoms with E-state index in [1.807, 2.05) is 39.0 Å². The van der Waals surface area contributed by atoms with Crippen molar-refractivity contribution in [3.63, 3.8) is 0 Å². The number of methoxy groups -OCH3 is 3. The number of carbonyl (C=O) groups is 3. The maximum Gasteiger partial charge on any atom is 0.163 e. The lowest BCUT2D eigenvalue weighted by Gasteiger charge is -2.30. The van der Waals surface area contributed by atoms with Crippen LogP contribution in [0.25, 0.3) is 116 Å². The first-order valence-electron chi connectivity index (χ1n) is 51.3. The summed E-state index contributed by atoms with van der Waals surface area (Å²) in [5.41, 5.74) is 45.4. The first-order valence-corrected chi connectivity index (χ1v) is 51.3. The SMILES string of the molecule is CO/C(C)=C(\C(C)=O)c1ccc2cc(N(c3ccc4c(c3)C(C)(C)c3ccccc3-4)c3ccc4c(c3)C(C)(C)c3ccccc3-4)ccc2c1.CO/C(C)=C(\C(C)=O)c1ccc2ccc(N(c3ccc4c(c3)C(C)(C)c3ccccc3-4)c3ccc4c(c3)C(C)(C)c3ccccc3-4)cc2c1.CO/C(C)=C(\C(C)=O)c1cccc2c(N(c3ccc4c(c3)C(C)(C)c3ccccc3-4)c3ccc4c(c3)C(C)(C)c3ccccc3-4)cccc12. The second-order valence-corrected chi connectivity index (χ2v) is 43.7. The van der Waals surface area contributed by atoms with E-state index < -0.39 is 0 Å². The van der Waals surface area contributed by atoms with E-state index in [0.717, 1.165) is 100 Å². The molecular weight excluding hydrogens is 1800 g/mol. The molecule has 0 saturated heterocycles. The van der Waals surface area contributed by atoms with Gasteiger partial charge < -0.3 is 28.9 Å². The number of ether oxygens (including phenoxy) is 3. The summed E-state index contributed by atoms with van der Waals surface area (Å²) in [5.74, 6) is 1.81. The highest BCUT2D eigenvalue weighted by molar-refractivity contribution is 6.25.